The fourth-order valence-electron chi connectivity index (χ4n) is 5.48. The van der Waals surface area contributed by atoms with Crippen molar-refractivity contribution in [2.75, 3.05) is 0 Å². The SMILES string of the molecule is [Cl-].[Cl-].[Zr+2]=[Si](C1CCCCC1)C1CCCCC1.[c-]1cccc2c1Cc1ccccc1-2.c1cc[cH-]c1. The van der Waals surface area contributed by atoms with Crippen LogP contribution in [-0.2, 0) is 29.8 Å². The van der Waals surface area contributed by atoms with Crippen LogP contribution >= 0.6 is 0 Å². The van der Waals surface area contributed by atoms with Crippen molar-refractivity contribution in [2.24, 2.45) is 0 Å². The van der Waals surface area contributed by atoms with Crippen LogP contribution in [0.2, 0.25) is 11.1 Å². The first-order chi connectivity index (χ1) is 15.8. The van der Waals surface area contributed by atoms with Crippen molar-refractivity contribution < 1.29 is 48.1 Å². The maximum Gasteiger partial charge on any atom is -0.0253 e. The van der Waals surface area contributed by atoms with Crippen LogP contribution in [0.15, 0.2) is 72.8 Å². The van der Waals surface area contributed by atoms with Crippen molar-refractivity contribution in [3.05, 3.63) is 90.0 Å². The molecule has 2 fully saturated rings. The van der Waals surface area contributed by atoms with E-state index in [9.17, 15) is 0 Å². The van der Waals surface area contributed by atoms with Crippen LogP contribution in [0.3, 0.4) is 0 Å². The van der Waals surface area contributed by atoms with Crippen LogP contribution in [0, 0.1) is 6.07 Å². The van der Waals surface area contributed by atoms with Crippen molar-refractivity contribution in [1.82, 2.24) is 0 Å². The van der Waals surface area contributed by atoms with Gasteiger partial charge in [0.2, 0.25) is 0 Å². The minimum atomic E-state index is 0. The third-order valence-corrected chi connectivity index (χ3v) is 16.2. The second-order valence-corrected chi connectivity index (χ2v) is 16.3. The molecule has 0 atom stereocenters. The second-order valence-electron chi connectivity index (χ2n) is 9.48. The molecule has 3 aliphatic rings. The largest absolute Gasteiger partial charge is 0.214 e. The number of fused-ring (bicyclic) bond motifs is 3. The summed E-state index contributed by atoms with van der Waals surface area (Å²) in [4.78, 5) is 0. The van der Waals surface area contributed by atoms with Crippen molar-refractivity contribution >= 4 is 5.43 Å². The van der Waals surface area contributed by atoms with Gasteiger partial charge in [0.25, 0.3) is 0 Å². The molecular formula is C30H36Cl2SiZr-2. The number of hydrogen-bond donors (Lipinski definition) is 0. The minimum absolute atomic E-state index is 0. The van der Waals surface area contributed by atoms with Crippen molar-refractivity contribution in [2.45, 2.75) is 81.7 Å². The van der Waals surface area contributed by atoms with Crippen LogP contribution in [0.1, 0.15) is 75.3 Å². The van der Waals surface area contributed by atoms with E-state index < -0.39 is 0 Å². The third-order valence-electron chi connectivity index (χ3n) is 7.26. The Bertz CT molecular complexity index is 877. The summed E-state index contributed by atoms with van der Waals surface area (Å²) in [6.45, 7) is 0. The van der Waals surface area contributed by atoms with Gasteiger partial charge < -0.3 is 24.8 Å². The molecule has 0 spiro atoms. The Morgan fingerprint density at radius 2 is 1.26 bits per heavy atom. The molecule has 0 radical (unpaired) electrons. The Kier molecular flexibility index (Phi) is 14.2. The van der Waals surface area contributed by atoms with E-state index in [2.05, 4.69) is 42.5 Å². The Morgan fingerprint density at radius 1 is 0.706 bits per heavy atom. The van der Waals surface area contributed by atoms with Crippen LogP contribution in [0.5, 0.6) is 0 Å². The van der Waals surface area contributed by atoms with Gasteiger partial charge in [0, 0.05) is 0 Å². The quantitative estimate of drug-likeness (QED) is 0.250. The summed E-state index contributed by atoms with van der Waals surface area (Å²) >= 11 is 1.95. The topological polar surface area (TPSA) is 0 Å². The van der Waals surface area contributed by atoms with Gasteiger partial charge in [-0.1, -0.05) is 35.4 Å². The smallest absolute Gasteiger partial charge is 0.0253 e. The van der Waals surface area contributed by atoms with Crippen molar-refractivity contribution in [1.29, 1.82) is 0 Å². The molecular weight excluding hydrogens is 551 g/mol. The molecule has 0 N–H and O–H groups in total. The van der Waals surface area contributed by atoms with Gasteiger partial charge in [-0.05, 0) is 6.42 Å². The molecule has 3 aromatic carbocycles. The molecule has 34 heavy (non-hydrogen) atoms. The molecule has 3 aliphatic carbocycles. The van der Waals surface area contributed by atoms with E-state index >= 15 is 0 Å². The Hall–Kier alpha value is -0.530. The molecule has 0 nitrogen and oxygen atoms in total. The van der Waals surface area contributed by atoms with Gasteiger partial charge >= 0.3 is 104 Å². The maximum absolute atomic E-state index is 3.30. The summed E-state index contributed by atoms with van der Waals surface area (Å²) in [6.07, 6.45) is 16.8. The van der Waals surface area contributed by atoms with Gasteiger partial charge in [0.1, 0.15) is 0 Å². The average molecular weight is 587 g/mol. The van der Waals surface area contributed by atoms with Crippen molar-refractivity contribution in [3.8, 4) is 11.1 Å². The van der Waals surface area contributed by atoms with E-state index in [-0.39, 0.29) is 30.2 Å². The molecule has 3 aromatic rings. The summed E-state index contributed by atoms with van der Waals surface area (Å²) in [6, 6.07) is 28.1. The van der Waals surface area contributed by atoms with Gasteiger partial charge in [0.15, 0.2) is 0 Å². The predicted octanol–water partition coefficient (Wildman–Crippen LogP) is 2.66. The standard InChI is InChI=1S/C13H9.C12H22Si.C5H5.2ClH.Zr/c1-3-7-12-10(5-1)9-11-6-2-4-8-13(11)12;1-3-7-11(8-4-1)13-12-9-5-2-6-10-12;1-2-4-5-3-1;;;/h1-5,7-8H,9H2;11-12H,1-10H2;1-5H;2*1H;/q-1;;-1;;;+2/p-2. The summed E-state index contributed by atoms with van der Waals surface area (Å²) in [5.41, 5.74) is 8.07. The zero-order valence-corrected chi connectivity index (χ0v) is 25.1. The number of benzene rings is 2. The molecule has 0 aromatic heterocycles. The van der Waals surface area contributed by atoms with Gasteiger partial charge in [0.05, 0.1) is 0 Å². The van der Waals surface area contributed by atoms with Gasteiger partial charge in [-0.15, -0.1) is 5.56 Å². The van der Waals surface area contributed by atoms with E-state index in [1.807, 2.05) is 59.7 Å². The summed E-state index contributed by atoms with van der Waals surface area (Å²) in [5, 5.41) is 0. The summed E-state index contributed by atoms with van der Waals surface area (Å²) in [5.74, 6) is 0. The zero-order valence-electron chi connectivity index (χ0n) is 20.1. The first-order valence-electron chi connectivity index (χ1n) is 12.7. The Labute approximate surface area is 234 Å². The average Bonchev–Trinajstić information content (AvgIpc) is 3.57. The molecule has 0 aliphatic heterocycles. The predicted molar refractivity (Wildman–Crippen MR) is 135 cm³/mol. The van der Waals surface area contributed by atoms with E-state index in [0.717, 1.165) is 6.42 Å². The first-order valence-corrected chi connectivity index (χ1v) is 18.0. The van der Waals surface area contributed by atoms with E-state index in [4.69, 9.17) is 0 Å². The molecule has 2 saturated carbocycles. The molecule has 6 rings (SSSR count). The molecule has 180 valence electrons. The zero-order chi connectivity index (χ0) is 22.0. The van der Waals surface area contributed by atoms with E-state index in [1.54, 1.807) is 51.4 Å². The van der Waals surface area contributed by atoms with E-state index in [0.29, 0.717) is 0 Å². The van der Waals surface area contributed by atoms with Crippen LogP contribution in [0.25, 0.3) is 11.1 Å². The van der Waals surface area contributed by atoms with Crippen LogP contribution in [-0.4, -0.2) is 5.43 Å². The second kappa shape index (κ2) is 16.3. The maximum atomic E-state index is 3.30. The molecule has 0 saturated heterocycles. The van der Waals surface area contributed by atoms with E-state index in [1.165, 1.54) is 46.2 Å². The molecule has 4 heteroatoms. The van der Waals surface area contributed by atoms with Crippen LogP contribution in [0.4, 0.5) is 0 Å². The number of hydrogen-bond acceptors (Lipinski definition) is 0. The van der Waals surface area contributed by atoms with Gasteiger partial charge in [-0.3, -0.25) is 0 Å². The third kappa shape index (κ3) is 8.55. The first kappa shape index (κ1) is 29.7. The van der Waals surface area contributed by atoms with Gasteiger partial charge in [-0.25, -0.2) is 12.1 Å². The molecule has 0 amide bonds. The molecule has 0 heterocycles. The van der Waals surface area contributed by atoms with Crippen molar-refractivity contribution in [3.63, 3.8) is 0 Å². The Balaban J connectivity index is 0.000000191. The summed E-state index contributed by atoms with van der Waals surface area (Å²) in [7, 11) is 0. The Morgan fingerprint density at radius 3 is 1.82 bits per heavy atom. The monoisotopic (exact) mass is 584 g/mol. The number of halogens is 2. The number of rotatable bonds is 2. The normalized spacial score (nSPS) is 16.8. The molecule has 0 bridgehead atoms. The molecule has 0 unspecified atom stereocenters. The van der Waals surface area contributed by atoms with Crippen LogP contribution < -0.4 is 24.8 Å². The van der Waals surface area contributed by atoms with Gasteiger partial charge in [-0.2, -0.15) is 48.0 Å². The summed E-state index contributed by atoms with van der Waals surface area (Å²) < 4.78 is 0. The fourth-order valence-corrected chi connectivity index (χ4v) is 12.5. The minimum Gasteiger partial charge on any atom is -0.214 e. The fraction of sp³-hybridized carbons (Fsp3) is 0.433.